The number of aromatic nitrogens is 2. The molecule has 3 amide bonds. The monoisotopic (exact) mass is 469 g/mol. The van der Waals surface area contributed by atoms with Crippen molar-refractivity contribution in [2.24, 2.45) is 0 Å². The summed E-state index contributed by atoms with van der Waals surface area (Å²) in [6.45, 7) is 6.01. The van der Waals surface area contributed by atoms with E-state index in [1.807, 2.05) is 51.1 Å². The molecule has 0 saturated heterocycles. The molecule has 0 saturated carbocycles. The summed E-state index contributed by atoms with van der Waals surface area (Å²) in [5, 5.41) is 10.9. The number of ether oxygens (including phenoxy) is 1. The molecule has 1 aromatic heterocycles. The van der Waals surface area contributed by atoms with E-state index in [9.17, 15) is 9.59 Å². The third kappa shape index (κ3) is 6.26. The lowest BCUT2D eigenvalue weighted by Crippen LogP contribution is -2.37. The number of nitrogens with zero attached hydrogens (tertiary/aromatic N) is 3. The predicted molar refractivity (Wildman–Crippen MR) is 131 cm³/mol. The molecule has 3 aromatic rings. The molecule has 2 N–H and O–H groups in total. The minimum atomic E-state index is -0.411. The van der Waals surface area contributed by atoms with Gasteiger partial charge in [-0.2, -0.15) is 5.10 Å². The summed E-state index contributed by atoms with van der Waals surface area (Å²) in [6.07, 6.45) is 0. The molecule has 0 aliphatic carbocycles. The Labute approximate surface area is 198 Å². The number of rotatable bonds is 6. The number of amides is 3. The normalized spacial score (nSPS) is 11.1. The number of halogens is 1. The highest BCUT2D eigenvalue weighted by molar-refractivity contribution is 6.30. The Bertz CT molecular complexity index is 1120. The summed E-state index contributed by atoms with van der Waals surface area (Å²) >= 11 is 5.87. The van der Waals surface area contributed by atoms with E-state index < -0.39 is 6.03 Å². The van der Waals surface area contributed by atoms with E-state index in [1.165, 1.54) is 4.90 Å². The van der Waals surface area contributed by atoms with Crippen LogP contribution in [0.15, 0.2) is 54.6 Å². The van der Waals surface area contributed by atoms with Crippen LogP contribution in [0.5, 0.6) is 5.75 Å². The Morgan fingerprint density at radius 3 is 2.27 bits per heavy atom. The fraction of sp³-hybridized carbons (Fsp3) is 0.292. The van der Waals surface area contributed by atoms with Crippen LogP contribution in [0.1, 0.15) is 26.5 Å². The van der Waals surface area contributed by atoms with Crippen molar-refractivity contribution in [3.63, 3.8) is 0 Å². The van der Waals surface area contributed by atoms with Crippen LogP contribution in [0.4, 0.5) is 16.3 Å². The number of carbonyl (C=O) groups is 2. The number of hydrogen-bond acceptors (Lipinski definition) is 4. The highest BCUT2D eigenvalue weighted by Crippen LogP contribution is 2.27. The number of anilines is 2. The van der Waals surface area contributed by atoms with Crippen LogP contribution in [0, 0.1) is 0 Å². The first kappa shape index (κ1) is 24.1. The highest BCUT2D eigenvalue weighted by Gasteiger charge is 2.22. The zero-order chi connectivity index (χ0) is 24.2. The summed E-state index contributed by atoms with van der Waals surface area (Å²) in [7, 11) is 3.15. The molecule has 2 aromatic carbocycles. The van der Waals surface area contributed by atoms with Gasteiger partial charge < -0.3 is 20.3 Å². The molecule has 1 heterocycles. The quantitative estimate of drug-likeness (QED) is 0.535. The largest absolute Gasteiger partial charge is 0.497 e. The van der Waals surface area contributed by atoms with E-state index in [0.29, 0.717) is 16.5 Å². The minimum absolute atomic E-state index is 0.141. The van der Waals surface area contributed by atoms with E-state index in [4.69, 9.17) is 21.4 Å². The number of methoxy groups -OCH3 is 1. The topological polar surface area (TPSA) is 88.5 Å². The second-order valence-electron chi connectivity index (χ2n) is 8.62. The average Bonchev–Trinajstić information content (AvgIpc) is 3.19. The molecule has 9 heteroatoms. The maximum atomic E-state index is 12.8. The standard InChI is InChI=1S/C24H28ClN5O3/c1-24(2,3)20-14-21(30(28-20)18-10-12-19(33-5)13-11-18)27-22(31)15-29(4)23(32)26-17-8-6-16(25)7-9-17/h6-14H,15H2,1-5H3,(H,26,32)(H,27,31). The molecular formula is C24H28ClN5O3. The molecule has 0 aliphatic heterocycles. The molecule has 8 nitrogen and oxygen atoms in total. The number of urea groups is 1. The smallest absolute Gasteiger partial charge is 0.322 e. The van der Waals surface area contributed by atoms with Crippen LogP contribution in [0.2, 0.25) is 5.02 Å². The maximum absolute atomic E-state index is 12.8. The van der Waals surface area contributed by atoms with E-state index in [0.717, 1.165) is 17.1 Å². The highest BCUT2D eigenvalue weighted by atomic mass is 35.5. The molecule has 0 unspecified atom stereocenters. The van der Waals surface area contributed by atoms with Crippen LogP contribution in [-0.4, -0.2) is 47.3 Å². The number of likely N-dealkylation sites (N-methyl/N-ethyl adjacent to an activating group) is 1. The molecule has 174 valence electrons. The Hall–Kier alpha value is -3.52. The van der Waals surface area contributed by atoms with Crippen molar-refractivity contribution in [2.75, 3.05) is 31.3 Å². The van der Waals surface area contributed by atoms with Gasteiger partial charge in [0.2, 0.25) is 5.91 Å². The van der Waals surface area contributed by atoms with Crippen molar-refractivity contribution in [2.45, 2.75) is 26.2 Å². The molecule has 0 bridgehead atoms. The maximum Gasteiger partial charge on any atom is 0.322 e. The zero-order valence-electron chi connectivity index (χ0n) is 19.3. The predicted octanol–water partition coefficient (Wildman–Crippen LogP) is 4.93. The van der Waals surface area contributed by atoms with E-state index in [2.05, 4.69) is 10.6 Å². The Morgan fingerprint density at radius 2 is 1.70 bits per heavy atom. The summed E-state index contributed by atoms with van der Waals surface area (Å²) in [5.74, 6) is 0.890. The summed E-state index contributed by atoms with van der Waals surface area (Å²) in [6, 6.07) is 15.5. The minimum Gasteiger partial charge on any atom is -0.497 e. The SMILES string of the molecule is COc1ccc(-n2nc(C(C)(C)C)cc2NC(=O)CN(C)C(=O)Nc2ccc(Cl)cc2)cc1. The van der Waals surface area contributed by atoms with Crippen LogP contribution >= 0.6 is 11.6 Å². The fourth-order valence-electron chi connectivity index (χ4n) is 2.98. The first-order chi connectivity index (χ1) is 15.6. The Kier molecular flexibility index (Phi) is 7.28. The summed E-state index contributed by atoms with van der Waals surface area (Å²) in [4.78, 5) is 26.5. The first-order valence-electron chi connectivity index (χ1n) is 10.4. The van der Waals surface area contributed by atoms with Gasteiger partial charge in [0.05, 0.1) is 18.5 Å². The van der Waals surface area contributed by atoms with Crippen LogP contribution in [0.3, 0.4) is 0 Å². The number of nitrogens with one attached hydrogen (secondary N) is 2. The molecule has 33 heavy (non-hydrogen) atoms. The van der Waals surface area contributed by atoms with Gasteiger partial charge in [-0.3, -0.25) is 4.79 Å². The third-order valence-electron chi connectivity index (χ3n) is 4.89. The van der Waals surface area contributed by atoms with Crippen molar-refractivity contribution in [1.29, 1.82) is 0 Å². The summed E-state index contributed by atoms with van der Waals surface area (Å²) in [5.41, 5.74) is 1.97. The van der Waals surface area contributed by atoms with Gasteiger partial charge in [0.25, 0.3) is 0 Å². The molecule has 0 atom stereocenters. The Morgan fingerprint density at radius 1 is 1.06 bits per heavy atom. The van der Waals surface area contributed by atoms with Gasteiger partial charge in [-0.1, -0.05) is 32.4 Å². The van der Waals surface area contributed by atoms with Gasteiger partial charge in [0.15, 0.2) is 0 Å². The Balaban J connectivity index is 1.74. The number of benzene rings is 2. The van der Waals surface area contributed by atoms with E-state index >= 15 is 0 Å². The zero-order valence-corrected chi connectivity index (χ0v) is 20.1. The van der Waals surface area contributed by atoms with E-state index in [-0.39, 0.29) is 17.9 Å². The first-order valence-corrected chi connectivity index (χ1v) is 10.8. The molecule has 0 aliphatic rings. The second kappa shape index (κ2) is 9.95. The van der Waals surface area contributed by atoms with Gasteiger partial charge >= 0.3 is 6.03 Å². The lowest BCUT2D eigenvalue weighted by Gasteiger charge is -2.18. The number of hydrogen-bond donors (Lipinski definition) is 2. The van der Waals surface area contributed by atoms with Crippen LogP contribution in [-0.2, 0) is 10.2 Å². The molecule has 0 fully saturated rings. The van der Waals surface area contributed by atoms with Gasteiger partial charge in [0.1, 0.15) is 18.1 Å². The van der Waals surface area contributed by atoms with Gasteiger partial charge in [-0.15, -0.1) is 0 Å². The van der Waals surface area contributed by atoms with Gasteiger partial charge in [-0.25, -0.2) is 9.48 Å². The molecule has 0 radical (unpaired) electrons. The summed E-state index contributed by atoms with van der Waals surface area (Å²) < 4.78 is 6.90. The fourth-order valence-corrected chi connectivity index (χ4v) is 3.10. The molecule has 0 spiro atoms. The van der Waals surface area contributed by atoms with Crippen molar-refractivity contribution < 1.29 is 14.3 Å². The van der Waals surface area contributed by atoms with Gasteiger partial charge in [-0.05, 0) is 48.5 Å². The lowest BCUT2D eigenvalue weighted by molar-refractivity contribution is -0.116. The average molecular weight is 470 g/mol. The van der Waals surface area contributed by atoms with Crippen LogP contribution < -0.4 is 15.4 Å². The van der Waals surface area contributed by atoms with Gasteiger partial charge in [0, 0.05) is 29.2 Å². The molecule has 3 rings (SSSR count). The lowest BCUT2D eigenvalue weighted by atomic mass is 9.92. The van der Waals surface area contributed by atoms with Crippen molar-refractivity contribution in [1.82, 2.24) is 14.7 Å². The van der Waals surface area contributed by atoms with Crippen molar-refractivity contribution >= 4 is 35.0 Å². The third-order valence-corrected chi connectivity index (χ3v) is 5.14. The van der Waals surface area contributed by atoms with Crippen molar-refractivity contribution in [3.05, 3.63) is 65.3 Å². The van der Waals surface area contributed by atoms with Crippen LogP contribution in [0.25, 0.3) is 5.69 Å². The second-order valence-corrected chi connectivity index (χ2v) is 9.05. The molecular weight excluding hydrogens is 442 g/mol. The van der Waals surface area contributed by atoms with E-state index in [1.54, 1.807) is 43.1 Å². The number of carbonyl (C=O) groups excluding carboxylic acids is 2. The van der Waals surface area contributed by atoms with Crippen molar-refractivity contribution in [3.8, 4) is 11.4 Å².